The maximum absolute atomic E-state index is 8.79. The van der Waals surface area contributed by atoms with Gasteiger partial charge in [-0.15, -0.1) is 0 Å². The number of furan rings is 1. The summed E-state index contributed by atoms with van der Waals surface area (Å²) in [5.41, 5.74) is 6.29. The van der Waals surface area contributed by atoms with Gasteiger partial charge < -0.3 is 20.4 Å². The zero-order chi connectivity index (χ0) is 8.27. The molecule has 1 heterocycles. The summed E-state index contributed by atoms with van der Waals surface area (Å²) in [5, 5.41) is 17.3. The lowest BCUT2D eigenvalue weighted by atomic mass is 10.1. The van der Waals surface area contributed by atoms with Crippen LogP contribution >= 0.6 is 0 Å². The lowest BCUT2D eigenvalue weighted by molar-refractivity contribution is 0.276. The molecule has 4 N–H and O–H groups in total. The molecular formula is C7H11NO3. The molecule has 0 aliphatic rings. The third-order valence-electron chi connectivity index (χ3n) is 1.47. The molecule has 0 amide bonds. The van der Waals surface area contributed by atoms with E-state index in [1.165, 1.54) is 12.3 Å². The summed E-state index contributed by atoms with van der Waals surface area (Å²) in [5.74, 6) is -0.145. The highest BCUT2D eigenvalue weighted by molar-refractivity contribution is 5.18. The first-order valence-electron chi connectivity index (χ1n) is 3.38. The van der Waals surface area contributed by atoms with Crippen molar-refractivity contribution in [2.24, 2.45) is 5.73 Å². The van der Waals surface area contributed by atoms with Gasteiger partial charge in [0.15, 0.2) is 0 Å². The Morgan fingerprint density at radius 3 is 2.82 bits per heavy atom. The summed E-state index contributed by atoms with van der Waals surface area (Å²) in [7, 11) is 0. The Morgan fingerprint density at radius 2 is 2.36 bits per heavy atom. The van der Waals surface area contributed by atoms with E-state index in [2.05, 4.69) is 4.42 Å². The Morgan fingerprint density at radius 1 is 1.64 bits per heavy atom. The van der Waals surface area contributed by atoms with E-state index in [-0.39, 0.29) is 18.6 Å². The topological polar surface area (TPSA) is 79.6 Å². The van der Waals surface area contributed by atoms with E-state index in [1.54, 1.807) is 0 Å². The standard InChI is InChI=1S/C7H11NO3/c8-6(1-2-9)5-3-7(10)11-4-5/h3-4,6,9-10H,1-2,8H2. The van der Waals surface area contributed by atoms with Crippen LogP contribution in [0.15, 0.2) is 16.7 Å². The number of hydrogen-bond donors (Lipinski definition) is 3. The molecule has 0 saturated heterocycles. The molecule has 1 unspecified atom stereocenters. The predicted molar refractivity (Wildman–Crippen MR) is 39.0 cm³/mol. The fourth-order valence-electron chi connectivity index (χ4n) is 0.839. The minimum Gasteiger partial charge on any atom is -0.481 e. The van der Waals surface area contributed by atoms with E-state index < -0.39 is 0 Å². The Balaban J connectivity index is 2.60. The third kappa shape index (κ3) is 1.96. The third-order valence-corrected chi connectivity index (χ3v) is 1.47. The molecule has 0 radical (unpaired) electrons. The van der Waals surface area contributed by atoms with Crippen LogP contribution in [0.4, 0.5) is 0 Å². The fourth-order valence-corrected chi connectivity index (χ4v) is 0.839. The van der Waals surface area contributed by atoms with Gasteiger partial charge in [-0.1, -0.05) is 0 Å². The van der Waals surface area contributed by atoms with Gasteiger partial charge in [-0.2, -0.15) is 0 Å². The van der Waals surface area contributed by atoms with Crippen LogP contribution in [0.1, 0.15) is 18.0 Å². The van der Waals surface area contributed by atoms with Crippen LogP contribution in [0.25, 0.3) is 0 Å². The summed E-state index contributed by atoms with van der Waals surface area (Å²) in [6.07, 6.45) is 1.86. The van der Waals surface area contributed by atoms with Gasteiger partial charge >= 0.3 is 0 Å². The summed E-state index contributed by atoms with van der Waals surface area (Å²) >= 11 is 0. The van der Waals surface area contributed by atoms with Crippen LogP contribution < -0.4 is 5.73 Å². The predicted octanol–water partition coefficient (Wildman–Crippen LogP) is 0.367. The summed E-state index contributed by atoms with van der Waals surface area (Å²) in [6, 6.07) is 1.19. The normalized spacial score (nSPS) is 13.3. The Labute approximate surface area is 64.2 Å². The molecule has 62 valence electrons. The van der Waals surface area contributed by atoms with Crippen molar-refractivity contribution in [3.05, 3.63) is 17.9 Å². The minimum absolute atomic E-state index is 0.0348. The Bertz CT molecular complexity index is 221. The van der Waals surface area contributed by atoms with E-state index in [0.717, 1.165) is 0 Å². The van der Waals surface area contributed by atoms with Gasteiger partial charge in [-0.05, 0) is 6.42 Å². The van der Waals surface area contributed by atoms with E-state index in [0.29, 0.717) is 12.0 Å². The fraction of sp³-hybridized carbons (Fsp3) is 0.429. The molecule has 1 atom stereocenters. The van der Waals surface area contributed by atoms with Crippen LogP contribution in [-0.4, -0.2) is 16.8 Å². The first-order chi connectivity index (χ1) is 5.24. The van der Waals surface area contributed by atoms with E-state index in [1.807, 2.05) is 0 Å². The second-order valence-electron chi connectivity index (χ2n) is 2.34. The second-order valence-corrected chi connectivity index (χ2v) is 2.34. The zero-order valence-electron chi connectivity index (χ0n) is 6.03. The number of nitrogens with two attached hydrogens (primary N) is 1. The molecule has 0 saturated carbocycles. The van der Waals surface area contributed by atoms with Crippen molar-refractivity contribution in [1.29, 1.82) is 0 Å². The Kier molecular flexibility index (Phi) is 2.51. The van der Waals surface area contributed by atoms with Crippen molar-refractivity contribution >= 4 is 0 Å². The highest BCUT2D eigenvalue weighted by Crippen LogP contribution is 2.20. The van der Waals surface area contributed by atoms with Gasteiger partial charge in [0.1, 0.15) is 0 Å². The molecule has 1 aromatic heterocycles. The maximum Gasteiger partial charge on any atom is 0.282 e. The van der Waals surface area contributed by atoms with E-state index >= 15 is 0 Å². The van der Waals surface area contributed by atoms with Crippen LogP contribution in [0.3, 0.4) is 0 Å². The number of rotatable bonds is 3. The van der Waals surface area contributed by atoms with Crippen molar-refractivity contribution in [2.75, 3.05) is 6.61 Å². The largest absolute Gasteiger partial charge is 0.481 e. The van der Waals surface area contributed by atoms with Crippen molar-refractivity contribution < 1.29 is 14.6 Å². The first kappa shape index (κ1) is 8.10. The maximum atomic E-state index is 8.79. The number of aromatic hydroxyl groups is 1. The molecule has 1 aromatic rings. The molecule has 1 rings (SSSR count). The molecule has 4 nitrogen and oxygen atoms in total. The number of aliphatic hydroxyl groups is 1. The summed E-state index contributed by atoms with van der Waals surface area (Å²) in [4.78, 5) is 0. The van der Waals surface area contributed by atoms with Gasteiger partial charge in [-0.3, -0.25) is 0 Å². The SMILES string of the molecule is NC(CCO)c1coc(O)c1. The van der Waals surface area contributed by atoms with Gasteiger partial charge in [0.25, 0.3) is 5.95 Å². The van der Waals surface area contributed by atoms with Crippen LogP contribution in [0, 0.1) is 0 Å². The lowest BCUT2D eigenvalue weighted by Crippen LogP contribution is -2.10. The van der Waals surface area contributed by atoms with E-state index in [9.17, 15) is 0 Å². The highest BCUT2D eigenvalue weighted by Gasteiger charge is 2.08. The van der Waals surface area contributed by atoms with Gasteiger partial charge in [0.2, 0.25) is 0 Å². The zero-order valence-corrected chi connectivity index (χ0v) is 6.03. The average Bonchev–Trinajstić information content (AvgIpc) is 2.36. The number of hydrogen-bond acceptors (Lipinski definition) is 4. The number of aliphatic hydroxyl groups excluding tert-OH is 1. The monoisotopic (exact) mass is 157 g/mol. The molecular weight excluding hydrogens is 146 g/mol. The van der Waals surface area contributed by atoms with Crippen molar-refractivity contribution in [3.8, 4) is 5.95 Å². The van der Waals surface area contributed by atoms with Gasteiger partial charge in [-0.25, -0.2) is 0 Å². The summed E-state index contributed by atoms with van der Waals surface area (Å²) < 4.78 is 4.63. The van der Waals surface area contributed by atoms with Crippen molar-refractivity contribution in [3.63, 3.8) is 0 Å². The van der Waals surface area contributed by atoms with Crippen molar-refractivity contribution in [1.82, 2.24) is 0 Å². The van der Waals surface area contributed by atoms with Crippen LogP contribution in [-0.2, 0) is 0 Å². The van der Waals surface area contributed by atoms with Gasteiger partial charge in [0, 0.05) is 24.3 Å². The quantitative estimate of drug-likeness (QED) is 0.592. The molecule has 11 heavy (non-hydrogen) atoms. The van der Waals surface area contributed by atoms with Gasteiger partial charge in [0.05, 0.1) is 6.26 Å². The Hall–Kier alpha value is -1.00. The molecule has 0 aliphatic carbocycles. The first-order valence-corrected chi connectivity index (χ1v) is 3.38. The van der Waals surface area contributed by atoms with E-state index in [4.69, 9.17) is 15.9 Å². The smallest absolute Gasteiger partial charge is 0.282 e. The lowest BCUT2D eigenvalue weighted by Gasteiger charge is -2.04. The second kappa shape index (κ2) is 3.41. The minimum atomic E-state index is -0.260. The summed E-state index contributed by atoms with van der Waals surface area (Å²) in [6.45, 7) is 0.0348. The molecule has 4 heteroatoms. The van der Waals surface area contributed by atoms with Crippen molar-refractivity contribution in [2.45, 2.75) is 12.5 Å². The van der Waals surface area contributed by atoms with Crippen LogP contribution in [0.2, 0.25) is 0 Å². The highest BCUT2D eigenvalue weighted by atomic mass is 16.5. The molecule has 0 fully saturated rings. The van der Waals surface area contributed by atoms with Crippen LogP contribution in [0.5, 0.6) is 5.95 Å². The molecule has 0 aliphatic heterocycles. The molecule has 0 aromatic carbocycles. The molecule has 0 bridgehead atoms. The average molecular weight is 157 g/mol. The molecule has 0 spiro atoms.